The molecule has 0 bridgehead atoms. The fraction of sp³-hybridized carbons (Fsp3) is 0.929. The SMILES string of the molecule is CCN(CC)C(=O)C(C)NC(C)CC(C)(C)OC. The standard InChI is InChI=1S/C14H30N2O2/c1-8-16(9-2)13(17)12(4)15-11(3)10-14(5,6)18-7/h11-12,15H,8-10H2,1-7H3. The van der Waals surface area contributed by atoms with E-state index in [2.05, 4.69) is 26.1 Å². The van der Waals surface area contributed by atoms with Gasteiger partial charge in [-0.25, -0.2) is 0 Å². The Hall–Kier alpha value is -0.610. The van der Waals surface area contributed by atoms with Gasteiger partial charge in [0.05, 0.1) is 11.6 Å². The summed E-state index contributed by atoms with van der Waals surface area (Å²) in [5.74, 6) is 0.169. The zero-order valence-corrected chi connectivity index (χ0v) is 13.0. The first-order valence-electron chi connectivity index (χ1n) is 6.87. The lowest BCUT2D eigenvalue weighted by Gasteiger charge is -2.30. The first-order valence-corrected chi connectivity index (χ1v) is 6.87. The summed E-state index contributed by atoms with van der Waals surface area (Å²) in [4.78, 5) is 14.0. The van der Waals surface area contributed by atoms with Crippen LogP contribution in [0.3, 0.4) is 0 Å². The molecule has 4 heteroatoms. The maximum Gasteiger partial charge on any atom is 0.239 e. The second-order valence-corrected chi connectivity index (χ2v) is 5.47. The largest absolute Gasteiger partial charge is 0.379 e. The topological polar surface area (TPSA) is 41.6 Å². The van der Waals surface area contributed by atoms with E-state index < -0.39 is 0 Å². The Kier molecular flexibility index (Phi) is 7.48. The van der Waals surface area contributed by atoms with Gasteiger partial charge in [0.15, 0.2) is 0 Å². The van der Waals surface area contributed by atoms with Gasteiger partial charge in [0, 0.05) is 26.2 Å². The Morgan fingerprint density at radius 3 is 2.17 bits per heavy atom. The Morgan fingerprint density at radius 1 is 1.28 bits per heavy atom. The molecule has 2 atom stereocenters. The number of amides is 1. The van der Waals surface area contributed by atoms with Crippen molar-refractivity contribution in [2.75, 3.05) is 20.2 Å². The lowest BCUT2D eigenvalue weighted by Crippen LogP contribution is -2.49. The number of nitrogens with one attached hydrogen (secondary N) is 1. The van der Waals surface area contributed by atoms with E-state index in [9.17, 15) is 4.79 Å². The summed E-state index contributed by atoms with van der Waals surface area (Å²) in [6.45, 7) is 13.7. The third-order valence-corrected chi connectivity index (χ3v) is 3.33. The van der Waals surface area contributed by atoms with Crippen LogP contribution in [-0.4, -0.2) is 48.7 Å². The molecule has 0 radical (unpaired) electrons. The van der Waals surface area contributed by atoms with Gasteiger partial charge in [-0.3, -0.25) is 4.79 Å². The minimum atomic E-state index is -0.162. The smallest absolute Gasteiger partial charge is 0.239 e. The van der Waals surface area contributed by atoms with E-state index in [0.29, 0.717) is 0 Å². The zero-order valence-electron chi connectivity index (χ0n) is 13.0. The van der Waals surface area contributed by atoms with E-state index in [1.807, 2.05) is 25.7 Å². The van der Waals surface area contributed by atoms with Crippen molar-refractivity contribution in [3.8, 4) is 0 Å². The van der Waals surface area contributed by atoms with Crippen molar-refractivity contribution in [2.24, 2.45) is 0 Å². The molecule has 0 saturated heterocycles. The number of nitrogens with zero attached hydrogens (tertiary/aromatic N) is 1. The van der Waals surface area contributed by atoms with Crippen molar-refractivity contribution in [1.29, 1.82) is 0 Å². The molecule has 0 aromatic rings. The molecule has 4 nitrogen and oxygen atoms in total. The first kappa shape index (κ1) is 17.4. The number of hydrogen-bond donors (Lipinski definition) is 1. The minimum absolute atomic E-state index is 0.146. The summed E-state index contributed by atoms with van der Waals surface area (Å²) in [5, 5.41) is 3.35. The molecule has 0 aromatic heterocycles. The van der Waals surface area contributed by atoms with Crippen LogP contribution in [-0.2, 0) is 9.53 Å². The van der Waals surface area contributed by atoms with E-state index in [4.69, 9.17) is 4.74 Å². The van der Waals surface area contributed by atoms with E-state index in [1.165, 1.54) is 0 Å². The number of rotatable bonds is 8. The second-order valence-electron chi connectivity index (χ2n) is 5.47. The summed E-state index contributed by atoms with van der Waals surface area (Å²) < 4.78 is 5.40. The molecule has 108 valence electrons. The normalized spacial score (nSPS) is 15.3. The molecule has 0 aliphatic heterocycles. The third kappa shape index (κ3) is 5.83. The maximum absolute atomic E-state index is 12.1. The lowest BCUT2D eigenvalue weighted by molar-refractivity contribution is -0.133. The highest BCUT2D eigenvalue weighted by Crippen LogP contribution is 2.15. The molecule has 0 spiro atoms. The zero-order chi connectivity index (χ0) is 14.3. The first-order chi connectivity index (χ1) is 8.27. The second kappa shape index (κ2) is 7.74. The Bertz CT molecular complexity index is 250. The van der Waals surface area contributed by atoms with E-state index in [1.54, 1.807) is 7.11 Å². The van der Waals surface area contributed by atoms with E-state index >= 15 is 0 Å². The average Bonchev–Trinajstić information content (AvgIpc) is 2.29. The summed E-state index contributed by atoms with van der Waals surface area (Å²) in [5.41, 5.74) is -0.162. The summed E-state index contributed by atoms with van der Waals surface area (Å²) in [6.07, 6.45) is 0.874. The van der Waals surface area contributed by atoms with Gasteiger partial charge in [0.2, 0.25) is 5.91 Å². The molecule has 1 N–H and O–H groups in total. The highest BCUT2D eigenvalue weighted by Gasteiger charge is 2.24. The van der Waals surface area contributed by atoms with Crippen molar-refractivity contribution in [3.63, 3.8) is 0 Å². The van der Waals surface area contributed by atoms with Gasteiger partial charge in [-0.1, -0.05) is 0 Å². The van der Waals surface area contributed by atoms with Gasteiger partial charge < -0.3 is 15.0 Å². The molecular formula is C14H30N2O2. The molecule has 0 aliphatic rings. The van der Waals surface area contributed by atoms with Gasteiger partial charge in [0.25, 0.3) is 0 Å². The van der Waals surface area contributed by atoms with E-state index in [-0.39, 0.29) is 23.6 Å². The molecule has 18 heavy (non-hydrogen) atoms. The fourth-order valence-electron chi connectivity index (χ4n) is 2.19. The minimum Gasteiger partial charge on any atom is -0.379 e. The molecule has 0 saturated carbocycles. The average molecular weight is 258 g/mol. The van der Waals surface area contributed by atoms with Gasteiger partial charge in [-0.15, -0.1) is 0 Å². The highest BCUT2D eigenvalue weighted by atomic mass is 16.5. The summed E-state index contributed by atoms with van der Waals surface area (Å²) >= 11 is 0. The van der Waals surface area contributed by atoms with Gasteiger partial charge in [0.1, 0.15) is 0 Å². The van der Waals surface area contributed by atoms with Crippen LogP contribution in [0.5, 0.6) is 0 Å². The molecule has 0 aliphatic carbocycles. The molecule has 0 fully saturated rings. The Morgan fingerprint density at radius 2 is 1.78 bits per heavy atom. The van der Waals surface area contributed by atoms with E-state index in [0.717, 1.165) is 19.5 Å². The highest BCUT2D eigenvalue weighted by molar-refractivity contribution is 5.81. The van der Waals surface area contributed by atoms with Crippen molar-refractivity contribution >= 4 is 5.91 Å². The fourth-order valence-corrected chi connectivity index (χ4v) is 2.19. The maximum atomic E-state index is 12.1. The van der Waals surface area contributed by atoms with Crippen LogP contribution in [0.25, 0.3) is 0 Å². The predicted octanol–water partition coefficient (Wildman–Crippen LogP) is 2.04. The van der Waals surface area contributed by atoms with Crippen LogP contribution in [0.1, 0.15) is 48.0 Å². The molecule has 0 aromatic carbocycles. The summed E-state index contributed by atoms with van der Waals surface area (Å²) in [6, 6.07) is 0.0991. The number of carbonyl (C=O) groups is 1. The number of carbonyl (C=O) groups excluding carboxylic acids is 1. The molecule has 2 unspecified atom stereocenters. The monoisotopic (exact) mass is 258 g/mol. The van der Waals surface area contributed by atoms with Crippen LogP contribution < -0.4 is 5.32 Å². The number of methoxy groups -OCH3 is 1. The summed E-state index contributed by atoms with van der Waals surface area (Å²) in [7, 11) is 1.72. The van der Waals surface area contributed by atoms with Crippen molar-refractivity contribution in [3.05, 3.63) is 0 Å². The van der Waals surface area contributed by atoms with Crippen LogP contribution in [0.15, 0.2) is 0 Å². The van der Waals surface area contributed by atoms with Gasteiger partial charge in [-0.2, -0.15) is 0 Å². The lowest BCUT2D eigenvalue weighted by atomic mass is 9.99. The molecule has 1 amide bonds. The predicted molar refractivity (Wildman–Crippen MR) is 75.7 cm³/mol. The van der Waals surface area contributed by atoms with Crippen LogP contribution in [0.2, 0.25) is 0 Å². The van der Waals surface area contributed by atoms with Gasteiger partial charge in [-0.05, 0) is 48.0 Å². The Labute approximate surface area is 112 Å². The van der Waals surface area contributed by atoms with Crippen molar-refractivity contribution < 1.29 is 9.53 Å². The Balaban J connectivity index is 4.30. The van der Waals surface area contributed by atoms with Crippen molar-refractivity contribution in [2.45, 2.75) is 65.6 Å². The van der Waals surface area contributed by atoms with Crippen LogP contribution >= 0.6 is 0 Å². The van der Waals surface area contributed by atoms with Crippen LogP contribution in [0.4, 0.5) is 0 Å². The number of likely N-dealkylation sites (N-methyl/N-ethyl adjacent to an activating group) is 1. The van der Waals surface area contributed by atoms with Crippen LogP contribution in [0, 0.1) is 0 Å². The van der Waals surface area contributed by atoms with Gasteiger partial charge >= 0.3 is 0 Å². The quantitative estimate of drug-likeness (QED) is 0.724. The van der Waals surface area contributed by atoms with Crippen molar-refractivity contribution in [1.82, 2.24) is 10.2 Å². The number of hydrogen-bond acceptors (Lipinski definition) is 3. The molecule has 0 heterocycles. The molecular weight excluding hydrogens is 228 g/mol. The third-order valence-electron chi connectivity index (χ3n) is 3.33. The molecule has 0 rings (SSSR count). The number of ether oxygens (including phenoxy) is 1.